The van der Waals surface area contributed by atoms with Crippen LogP contribution in [0, 0.1) is 11.3 Å². The average Bonchev–Trinajstić information content (AvgIpc) is 2.53. The van der Waals surface area contributed by atoms with Crippen LogP contribution < -0.4 is 4.74 Å². The van der Waals surface area contributed by atoms with E-state index in [9.17, 15) is 5.11 Å². The van der Waals surface area contributed by atoms with Crippen LogP contribution in [-0.2, 0) is 6.61 Å². The summed E-state index contributed by atoms with van der Waals surface area (Å²) in [5, 5.41) is 11.7. The van der Waals surface area contributed by atoms with Crippen molar-refractivity contribution in [3.05, 3.63) is 42.0 Å². The molecule has 2 heteroatoms. The average molecular weight is 312 g/mol. The highest BCUT2D eigenvalue weighted by Crippen LogP contribution is 2.39. The van der Waals surface area contributed by atoms with E-state index in [1.165, 1.54) is 12.8 Å². The zero-order valence-electron chi connectivity index (χ0n) is 14.5. The minimum atomic E-state index is 0.0777. The van der Waals surface area contributed by atoms with Crippen molar-refractivity contribution in [2.24, 2.45) is 11.3 Å². The second kappa shape index (κ2) is 6.52. The molecule has 1 N–H and O–H groups in total. The molecule has 1 aliphatic rings. The molecule has 124 valence electrons. The van der Waals surface area contributed by atoms with Crippen LogP contribution in [0.1, 0.15) is 52.0 Å². The maximum Gasteiger partial charge on any atom is 0.120 e. The topological polar surface area (TPSA) is 29.5 Å². The highest BCUT2D eigenvalue weighted by Gasteiger charge is 2.30. The fourth-order valence-corrected chi connectivity index (χ4v) is 3.78. The predicted octanol–water partition coefficient (Wildman–Crippen LogP) is 5.32. The molecule has 2 aromatic rings. The quantitative estimate of drug-likeness (QED) is 0.831. The molecule has 0 atom stereocenters. The summed E-state index contributed by atoms with van der Waals surface area (Å²) in [5.74, 6) is 1.76. The van der Waals surface area contributed by atoms with Gasteiger partial charge in [-0.2, -0.15) is 0 Å². The van der Waals surface area contributed by atoms with Gasteiger partial charge in [0.15, 0.2) is 0 Å². The second-order valence-corrected chi connectivity index (χ2v) is 7.92. The van der Waals surface area contributed by atoms with E-state index >= 15 is 0 Å². The molecular formula is C21H28O2. The Balaban J connectivity index is 1.68. The van der Waals surface area contributed by atoms with Crippen molar-refractivity contribution in [3.8, 4) is 5.75 Å². The van der Waals surface area contributed by atoms with Crippen molar-refractivity contribution in [3.63, 3.8) is 0 Å². The van der Waals surface area contributed by atoms with E-state index < -0.39 is 0 Å². The molecule has 1 fully saturated rings. The van der Waals surface area contributed by atoms with Gasteiger partial charge < -0.3 is 9.84 Å². The third-order valence-corrected chi connectivity index (χ3v) is 5.31. The van der Waals surface area contributed by atoms with Gasteiger partial charge in [-0.25, -0.2) is 0 Å². The maximum atomic E-state index is 9.43. The largest absolute Gasteiger partial charge is 0.490 e. The smallest absolute Gasteiger partial charge is 0.120 e. The molecule has 23 heavy (non-hydrogen) atoms. The number of benzene rings is 2. The molecule has 0 aliphatic heterocycles. The first-order valence-electron chi connectivity index (χ1n) is 8.76. The highest BCUT2D eigenvalue weighted by molar-refractivity contribution is 5.86. The number of ether oxygens (including phenoxy) is 1. The van der Waals surface area contributed by atoms with Crippen molar-refractivity contribution in [1.82, 2.24) is 0 Å². The third kappa shape index (κ3) is 3.69. The van der Waals surface area contributed by atoms with Crippen LogP contribution in [0.2, 0.25) is 0 Å². The lowest BCUT2D eigenvalue weighted by atomic mass is 9.72. The zero-order chi connectivity index (χ0) is 16.4. The molecule has 2 nitrogen and oxygen atoms in total. The number of hydrogen-bond donors (Lipinski definition) is 1. The number of rotatable bonds is 3. The molecular weight excluding hydrogens is 284 g/mol. The second-order valence-electron chi connectivity index (χ2n) is 7.92. The van der Waals surface area contributed by atoms with Gasteiger partial charge in [0.05, 0.1) is 12.7 Å². The van der Waals surface area contributed by atoms with Crippen molar-refractivity contribution in [2.75, 3.05) is 0 Å². The number of fused-ring (bicyclic) bond motifs is 1. The molecule has 0 aromatic heterocycles. The molecule has 0 unspecified atom stereocenters. The van der Waals surface area contributed by atoms with Crippen LogP contribution in [0.15, 0.2) is 36.4 Å². The Morgan fingerprint density at radius 3 is 2.43 bits per heavy atom. The molecule has 0 heterocycles. The van der Waals surface area contributed by atoms with Crippen molar-refractivity contribution in [1.29, 1.82) is 0 Å². The minimum Gasteiger partial charge on any atom is -0.490 e. The van der Waals surface area contributed by atoms with Gasteiger partial charge in [0.25, 0.3) is 0 Å². The van der Waals surface area contributed by atoms with Crippen molar-refractivity contribution in [2.45, 2.75) is 59.2 Å². The molecule has 3 rings (SSSR count). The molecule has 0 saturated heterocycles. The Morgan fingerprint density at radius 1 is 1.04 bits per heavy atom. The third-order valence-electron chi connectivity index (χ3n) is 5.31. The van der Waals surface area contributed by atoms with Crippen LogP contribution in [0.4, 0.5) is 0 Å². The van der Waals surface area contributed by atoms with Gasteiger partial charge in [-0.1, -0.05) is 45.0 Å². The Kier molecular flexibility index (Phi) is 4.63. The lowest BCUT2D eigenvalue weighted by molar-refractivity contribution is 0.0883. The first-order chi connectivity index (χ1) is 11.0. The summed E-state index contributed by atoms with van der Waals surface area (Å²) >= 11 is 0. The van der Waals surface area contributed by atoms with Gasteiger partial charge in [-0.05, 0) is 65.5 Å². The minimum absolute atomic E-state index is 0.0777. The summed E-state index contributed by atoms with van der Waals surface area (Å²) in [6.07, 6.45) is 5.16. The first-order valence-corrected chi connectivity index (χ1v) is 8.76. The maximum absolute atomic E-state index is 9.43. The predicted molar refractivity (Wildman–Crippen MR) is 95.7 cm³/mol. The van der Waals surface area contributed by atoms with Crippen LogP contribution in [0.25, 0.3) is 10.8 Å². The van der Waals surface area contributed by atoms with Gasteiger partial charge in [0, 0.05) is 0 Å². The van der Waals surface area contributed by atoms with Gasteiger partial charge in [0.1, 0.15) is 5.75 Å². The lowest BCUT2D eigenvalue weighted by Gasteiger charge is -2.37. The number of hydrogen-bond acceptors (Lipinski definition) is 2. The van der Waals surface area contributed by atoms with E-state index in [4.69, 9.17) is 4.74 Å². The van der Waals surface area contributed by atoms with E-state index in [1.54, 1.807) is 0 Å². The summed E-state index contributed by atoms with van der Waals surface area (Å²) in [7, 11) is 0. The fraction of sp³-hybridized carbons (Fsp3) is 0.524. The highest BCUT2D eigenvalue weighted by atomic mass is 16.5. The van der Waals surface area contributed by atoms with Crippen molar-refractivity contribution < 1.29 is 9.84 Å². The van der Waals surface area contributed by atoms with Gasteiger partial charge in [-0.15, -0.1) is 0 Å². The number of aliphatic hydroxyl groups is 1. The summed E-state index contributed by atoms with van der Waals surface area (Å²) in [4.78, 5) is 0. The number of aliphatic hydroxyl groups excluding tert-OH is 1. The molecule has 0 spiro atoms. The normalized spacial score (nSPS) is 22.3. The Hall–Kier alpha value is -1.54. The van der Waals surface area contributed by atoms with Gasteiger partial charge >= 0.3 is 0 Å². The molecule has 2 aromatic carbocycles. The molecule has 1 aliphatic carbocycles. The zero-order valence-corrected chi connectivity index (χ0v) is 14.5. The van der Waals surface area contributed by atoms with Crippen LogP contribution >= 0.6 is 0 Å². The Labute approximate surface area is 139 Å². The summed E-state index contributed by atoms with van der Waals surface area (Å²) in [5.41, 5.74) is 1.38. The van der Waals surface area contributed by atoms with Crippen LogP contribution in [0.5, 0.6) is 5.75 Å². The van der Waals surface area contributed by atoms with E-state index in [-0.39, 0.29) is 6.61 Å². The lowest BCUT2D eigenvalue weighted by Crippen LogP contribution is -2.30. The van der Waals surface area contributed by atoms with E-state index in [2.05, 4.69) is 39.0 Å². The fourth-order valence-electron chi connectivity index (χ4n) is 3.78. The van der Waals surface area contributed by atoms with Crippen LogP contribution in [0.3, 0.4) is 0 Å². The molecule has 0 bridgehead atoms. The van der Waals surface area contributed by atoms with E-state index in [0.29, 0.717) is 11.5 Å². The van der Waals surface area contributed by atoms with Gasteiger partial charge in [-0.3, -0.25) is 0 Å². The molecule has 0 amide bonds. The molecule has 1 saturated carbocycles. The summed E-state index contributed by atoms with van der Waals surface area (Å²) in [6.45, 7) is 7.12. The SMILES string of the molecule is CC(C)(C)C1CCC(Oc2ccc3c(CO)cccc3c2)CC1. The van der Waals surface area contributed by atoms with Gasteiger partial charge in [0.2, 0.25) is 0 Å². The monoisotopic (exact) mass is 312 g/mol. The van der Waals surface area contributed by atoms with Crippen molar-refractivity contribution >= 4 is 10.8 Å². The Bertz CT molecular complexity index is 661. The summed E-state index contributed by atoms with van der Waals surface area (Å²) < 4.78 is 6.24. The first kappa shape index (κ1) is 16.3. The van der Waals surface area contributed by atoms with Crippen LogP contribution in [-0.4, -0.2) is 11.2 Å². The standard InChI is InChI=1S/C21H28O2/c1-21(2,3)17-7-9-18(10-8-17)23-19-11-12-20-15(13-19)5-4-6-16(20)14-22/h4-6,11-13,17-18,22H,7-10,14H2,1-3H3. The van der Waals surface area contributed by atoms with E-state index in [0.717, 1.165) is 40.8 Å². The Morgan fingerprint density at radius 2 is 1.78 bits per heavy atom. The summed E-state index contributed by atoms with van der Waals surface area (Å²) in [6, 6.07) is 12.2. The van der Waals surface area contributed by atoms with E-state index in [1.807, 2.05) is 18.2 Å². The molecule has 0 radical (unpaired) electrons.